The highest BCUT2D eigenvalue weighted by Gasteiger charge is 2.30. The quantitative estimate of drug-likeness (QED) is 0.190. The van der Waals surface area contributed by atoms with Crippen molar-refractivity contribution in [3.63, 3.8) is 0 Å². The molecule has 1 N–H and O–H groups in total. The normalized spacial score (nSPS) is 14.7. The number of carbonyl (C=O) groups is 1. The fourth-order valence-electron chi connectivity index (χ4n) is 3.75. The molecule has 0 fully saturated rings. The van der Waals surface area contributed by atoms with Gasteiger partial charge in [-0.2, -0.15) is 0 Å². The molecule has 0 radical (unpaired) electrons. The average Bonchev–Trinajstić information content (AvgIpc) is 2.59. The minimum Gasteiger partial charge on any atom is -0.550 e. The van der Waals surface area contributed by atoms with Crippen LogP contribution in [-0.4, -0.2) is 48.8 Å². The lowest BCUT2D eigenvalue weighted by molar-refractivity contribution is -0.876. The summed E-state index contributed by atoms with van der Waals surface area (Å²) in [6.07, 6.45) is 24.2. The molecule has 0 saturated carbocycles. The van der Waals surface area contributed by atoms with Gasteiger partial charge in [-0.25, -0.2) is 0 Å². The molecule has 0 aliphatic rings. The molecule has 0 aliphatic carbocycles. The van der Waals surface area contributed by atoms with Gasteiger partial charge in [0.05, 0.1) is 21.1 Å². The summed E-state index contributed by atoms with van der Waals surface area (Å²) < 4.78 is 0.483. The van der Waals surface area contributed by atoms with Crippen LogP contribution in [0, 0.1) is 0 Å². The van der Waals surface area contributed by atoms with E-state index in [0.29, 0.717) is 11.0 Å². The number of unbranched alkanes of at least 4 members (excludes halogenated alkanes) is 12. The van der Waals surface area contributed by atoms with Crippen molar-refractivity contribution in [2.45, 2.75) is 102 Å². The summed E-state index contributed by atoms with van der Waals surface area (Å²) in [6.45, 7) is 2.59. The molecule has 0 aromatic rings. The van der Waals surface area contributed by atoms with Crippen LogP contribution < -0.4 is 5.11 Å². The molecular weight excluding hydrogens is 362 g/mol. The van der Waals surface area contributed by atoms with E-state index < -0.39 is 11.6 Å². The second kappa shape index (κ2) is 16.6. The van der Waals surface area contributed by atoms with Crippen LogP contribution in [0.2, 0.25) is 0 Å². The lowest BCUT2D eigenvalue weighted by Crippen LogP contribution is -2.50. The molecular formula is C25H47NO3. The molecule has 0 amide bonds. The zero-order valence-electron chi connectivity index (χ0n) is 19.6. The number of hydrogen-bond acceptors (Lipinski definition) is 3. The monoisotopic (exact) mass is 409 g/mol. The van der Waals surface area contributed by atoms with Crippen LogP contribution in [0.1, 0.15) is 96.8 Å². The number of aliphatic carboxylic acids is 1. The van der Waals surface area contributed by atoms with Crippen LogP contribution in [0.15, 0.2) is 24.3 Å². The summed E-state index contributed by atoms with van der Waals surface area (Å²) in [5, 5.41) is 21.5. The van der Waals surface area contributed by atoms with Gasteiger partial charge in [-0.3, -0.25) is 0 Å². The fraction of sp³-hybridized carbons (Fsp3) is 0.800. The molecule has 0 bridgehead atoms. The summed E-state index contributed by atoms with van der Waals surface area (Å²) in [6, 6.07) is 0. The number of carboxylic acids is 1. The van der Waals surface area contributed by atoms with Gasteiger partial charge in [-0.15, -0.1) is 0 Å². The molecule has 0 aromatic heterocycles. The molecule has 0 unspecified atom stereocenters. The summed E-state index contributed by atoms with van der Waals surface area (Å²) in [7, 11) is 5.78. The molecule has 4 nitrogen and oxygen atoms in total. The zero-order chi connectivity index (χ0) is 22.0. The van der Waals surface area contributed by atoms with Gasteiger partial charge in [0.2, 0.25) is 0 Å². The standard InChI is InChI=1S/C25H47NO3/c1-5-6-7-8-9-10-11-12-13-14-15-16-17-18-19-20-21-25(29,22-24(27)28)23-26(2,3)4/h18-21,29H,5-17,22-23H2,1-4H3/t25-/m1/s1. The van der Waals surface area contributed by atoms with Crippen molar-refractivity contribution in [3.8, 4) is 0 Å². The van der Waals surface area contributed by atoms with Crippen molar-refractivity contribution < 1.29 is 19.5 Å². The van der Waals surface area contributed by atoms with Gasteiger partial charge in [-0.05, 0) is 18.9 Å². The predicted octanol–water partition coefficient (Wildman–Crippen LogP) is 4.77. The van der Waals surface area contributed by atoms with Gasteiger partial charge < -0.3 is 19.5 Å². The first kappa shape index (κ1) is 27.9. The maximum absolute atomic E-state index is 10.9. The van der Waals surface area contributed by atoms with Gasteiger partial charge in [0.1, 0.15) is 12.1 Å². The SMILES string of the molecule is CCCCCCCCCCCCCCC=CC=C[C@@](O)(CC(=O)[O-])C[N+](C)(C)C. The van der Waals surface area contributed by atoms with Crippen molar-refractivity contribution >= 4 is 5.97 Å². The van der Waals surface area contributed by atoms with E-state index in [1.807, 2.05) is 27.2 Å². The van der Waals surface area contributed by atoms with E-state index in [2.05, 4.69) is 13.0 Å². The van der Waals surface area contributed by atoms with Crippen molar-refractivity contribution in [1.29, 1.82) is 0 Å². The minimum atomic E-state index is -1.38. The maximum atomic E-state index is 10.9. The first-order valence-electron chi connectivity index (χ1n) is 11.8. The highest BCUT2D eigenvalue weighted by atomic mass is 16.4. The van der Waals surface area contributed by atoms with E-state index in [0.717, 1.165) is 6.42 Å². The number of rotatable bonds is 19. The Labute approximate surface area is 180 Å². The maximum Gasteiger partial charge on any atom is 0.137 e. The van der Waals surface area contributed by atoms with Crippen molar-refractivity contribution in [1.82, 2.24) is 0 Å². The van der Waals surface area contributed by atoms with E-state index >= 15 is 0 Å². The predicted molar refractivity (Wildman–Crippen MR) is 121 cm³/mol. The largest absolute Gasteiger partial charge is 0.550 e. The smallest absolute Gasteiger partial charge is 0.137 e. The molecule has 0 aliphatic heterocycles. The van der Waals surface area contributed by atoms with Gasteiger partial charge in [0.15, 0.2) is 0 Å². The van der Waals surface area contributed by atoms with Crippen LogP contribution in [-0.2, 0) is 4.79 Å². The van der Waals surface area contributed by atoms with Crippen molar-refractivity contribution in [2.24, 2.45) is 0 Å². The summed E-state index contributed by atoms with van der Waals surface area (Å²) >= 11 is 0. The van der Waals surface area contributed by atoms with E-state index in [-0.39, 0.29) is 6.42 Å². The van der Waals surface area contributed by atoms with Crippen LogP contribution >= 0.6 is 0 Å². The lowest BCUT2D eigenvalue weighted by atomic mass is 9.97. The Morgan fingerprint density at radius 3 is 1.79 bits per heavy atom. The minimum absolute atomic E-state index is 0.323. The van der Waals surface area contributed by atoms with Crippen LogP contribution in [0.4, 0.5) is 0 Å². The van der Waals surface area contributed by atoms with Gasteiger partial charge in [-0.1, -0.05) is 95.8 Å². The number of allylic oxidation sites excluding steroid dienone is 3. The van der Waals surface area contributed by atoms with Crippen LogP contribution in [0.25, 0.3) is 0 Å². The lowest BCUT2D eigenvalue weighted by Gasteiger charge is -2.34. The molecule has 0 saturated heterocycles. The number of hydrogen-bond donors (Lipinski definition) is 1. The number of likely N-dealkylation sites (N-methyl/N-ethyl adjacent to an activating group) is 1. The second-order valence-corrected chi connectivity index (χ2v) is 9.57. The van der Waals surface area contributed by atoms with Crippen molar-refractivity contribution in [3.05, 3.63) is 24.3 Å². The number of aliphatic hydroxyl groups is 1. The Morgan fingerprint density at radius 1 is 0.862 bits per heavy atom. The number of carbonyl (C=O) groups excluding carboxylic acids is 1. The molecule has 0 heterocycles. The van der Waals surface area contributed by atoms with Gasteiger partial charge in [0.25, 0.3) is 0 Å². The number of carboxylic acid groups (broad SMARTS) is 1. The van der Waals surface area contributed by atoms with E-state index in [4.69, 9.17) is 0 Å². The fourth-order valence-corrected chi connectivity index (χ4v) is 3.75. The first-order chi connectivity index (χ1) is 13.7. The molecule has 0 spiro atoms. The Balaban J connectivity index is 3.81. The molecule has 0 rings (SSSR count). The Bertz CT molecular complexity index is 465. The third-order valence-electron chi connectivity index (χ3n) is 5.08. The molecule has 29 heavy (non-hydrogen) atoms. The molecule has 170 valence electrons. The Morgan fingerprint density at radius 2 is 1.34 bits per heavy atom. The molecule has 1 atom stereocenters. The highest BCUT2D eigenvalue weighted by Crippen LogP contribution is 2.16. The molecule has 4 heteroatoms. The third-order valence-corrected chi connectivity index (χ3v) is 5.08. The second-order valence-electron chi connectivity index (χ2n) is 9.57. The van der Waals surface area contributed by atoms with Gasteiger partial charge >= 0.3 is 0 Å². The average molecular weight is 410 g/mol. The van der Waals surface area contributed by atoms with Crippen LogP contribution in [0.5, 0.6) is 0 Å². The zero-order valence-corrected chi connectivity index (χ0v) is 19.6. The Hall–Kier alpha value is -1.13. The molecule has 0 aromatic carbocycles. The third kappa shape index (κ3) is 19.9. The number of nitrogens with zero attached hydrogens (tertiary/aromatic N) is 1. The van der Waals surface area contributed by atoms with Gasteiger partial charge in [0, 0.05) is 12.4 Å². The highest BCUT2D eigenvalue weighted by molar-refractivity contribution is 5.66. The van der Waals surface area contributed by atoms with E-state index in [1.165, 1.54) is 77.0 Å². The Kier molecular flexibility index (Phi) is 16.0. The first-order valence-corrected chi connectivity index (χ1v) is 11.8. The van der Waals surface area contributed by atoms with E-state index in [1.54, 1.807) is 12.2 Å². The topological polar surface area (TPSA) is 60.4 Å². The summed E-state index contributed by atoms with van der Waals surface area (Å²) in [4.78, 5) is 10.9. The van der Waals surface area contributed by atoms with Crippen LogP contribution in [0.3, 0.4) is 0 Å². The van der Waals surface area contributed by atoms with Crippen molar-refractivity contribution in [2.75, 3.05) is 27.7 Å². The number of quaternary nitrogens is 1. The summed E-state index contributed by atoms with van der Waals surface area (Å²) in [5.74, 6) is -1.23. The van der Waals surface area contributed by atoms with E-state index in [9.17, 15) is 15.0 Å². The summed E-state index contributed by atoms with van der Waals surface area (Å²) in [5.41, 5.74) is -1.38.